The van der Waals surface area contributed by atoms with Gasteiger partial charge in [0.15, 0.2) is 0 Å². The Hall–Kier alpha value is -8.77. The standard InChI is InChI=1S/C61H92N12O19/c1-5-7-8-9-10-11-12-13-14-15-19-37-22-24-38(25-23-37)53(84)68-41(30-50(82)83)56(87)69-42-31-62-57(88)44-21-18-27-73(44)61(92)51(35(3)6-2)71-59(90)52(36(4)74)70-47(77)34-64-55(86)40(29-49(80)81)66-45(75)32-63-54(85)39(28-48(78)79)67-46(76)33-65-58(89)43-20-16-17-26-72(43)60(42)91/h22-25,35-36,39-44,51-52,74H,5-21,26-34H2,1-4H3,(H,62,88)(H,63,85)(H,64,86)(H,65,89)(H,66,75)(H,67,76)(H,68,84)(H,69,87)(H,70,77)(H,71,90)(H,78,79)(H,80,81)(H,82,83)/t35-,36+,39-,40-,41-,42-,43-,44-,51-,52-/m0/s1. The number of hydrogen-bond acceptors (Lipinski definition) is 16. The number of hydrogen-bond donors (Lipinski definition) is 14. The average molecular weight is 1300 g/mol. The molecule has 10 atom stereocenters. The highest BCUT2D eigenvalue weighted by Gasteiger charge is 2.43. The maximum Gasteiger partial charge on any atom is 0.305 e. The van der Waals surface area contributed by atoms with Gasteiger partial charge in [0, 0.05) is 25.2 Å². The van der Waals surface area contributed by atoms with Gasteiger partial charge in [-0.25, -0.2) is 0 Å². The van der Waals surface area contributed by atoms with E-state index >= 15 is 0 Å². The number of aliphatic hydroxyl groups is 1. The van der Waals surface area contributed by atoms with Gasteiger partial charge in [-0.3, -0.25) is 71.9 Å². The highest BCUT2D eigenvalue weighted by atomic mass is 16.4. The number of aliphatic carboxylic acids is 3. The minimum absolute atomic E-state index is 0.0211. The van der Waals surface area contributed by atoms with E-state index in [-0.39, 0.29) is 44.3 Å². The van der Waals surface area contributed by atoms with E-state index in [2.05, 4.69) is 60.1 Å². The number of benzene rings is 1. The number of amides is 12. The smallest absolute Gasteiger partial charge is 0.305 e. The van der Waals surface area contributed by atoms with E-state index in [1.807, 2.05) is 0 Å². The molecule has 3 saturated heterocycles. The van der Waals surface area contributed by atoms with Crippen LogP contribution >= 0.6 is 0 Å². The average Bonchev–Trinajstić information content (AvgIpc) is 1.73. The van der Waals surface area contributed by atoms with Crippen molar-refractivity contribution in [2.24, 2.45) is 5.92 Å². The molecule has 510 valence electrons. The van der Waals surface area contributed by atoms with Gasteiger partial charge in [-0.1, -0.05) is 97.1 Å². The predicted octanol–water partition coefficient (Wildman–Crippen LogP) is -1.63. The molecule has 31 nitrogen and oxygen atoms in total. The molecule has 0 aliphatic carbocycles. The SMILES string of the molecule is CCCCCCCCCCCCc1ccc(C(=O)N[C@@H](CC(=O)O)C(=O)N[C@H]2CNC(=O)[C@@H]3CCCN3C(=O)[C@H]([C@@H](C)CC)NC(=O)[C@H]([C@@H](C)O)NC(=O)CNC(=O)[C@H](CC(=O)O)NC(=O)CNC(=O)[C@H](CC(=O)O)NC(=O)CNC(=O)[C@@H]3CCCCN3C2=O)cc1. The zero-order valence-corrected chi connectivity index (χ0v) is 52.8. The highest BCUT2D eigenvalue weighted by molar-refractivity contribution is 6.01. The van der Waals surface area contributed by atoms with Crippen molar-refractivity contribution in [3.63, 3.8) is 0 Å². The lowest BCUT2D eigenvalue weighted by atomic mass is 9.96. The number of carboxylic acids is 3. The third-order valence-corrected chi connectivity index (χ3v) is 16.2. The molecule has 0 aromatic heterocycles. The van der Waals surface area contributed by atoms with Crippen LogP contribution in [-0.4, -0.2) is 213 Å². The largest absolute Gasteiger partial charge is 0.481 e. The summed E-state index contributed by atoms with van der Waals surface area (Å²) >= 11 is 0. The van der Waals surface area contributed by atoms with Crippen molar-refractivity contribution in [2.75, 3.05) is 39.3 Å². The van der Waals surface area contributed by atoms with E-state index in [4.69, 9.17) is 0 Å². The van der Waals surface area contributed by atoms with Crippen LogP contribution in [0.25, 0.3) is 0 Å². The molecule has 3 aliphatic heterocycles. The Morgan fingerprint density at radius 3 is 1.57 bits per heavy atom. The van der Waals surface area contributed by atoms with E-state index < -0.39 is 195 Å². The van der Waals surface area contributed by atoms with Gasteiger partial charge in [-0.15, -0.1) is 0 Å². The van der Waals surface area contributed by atoms with Gasteiger partial charge in [0.05, 0.1) is 45.0 Å². The number of carbonyl (C=O) groups is 15. The molecule has 0 saturated carbocycles. The molecule has 0 bridgehead atoms. The van der Waals surface area contributed by atoms with Gasteiger partial charge in [0.2, 0.25) is 65.0 Å². The lowest BCUT2D eigenvalue weighted by molar-refractivity contribution is -0.146. The molecule has 12 amide bonds. The van der Waals surface area contributed by atoms with Gasteiger partial charge in [-0.05, 0) is 75.5 Å². The summed E-state index contributed by atoms with van der Waals surface area (Å²) in [5.41, 5.74) is 1.06. The Morgan fingerprint density at radius 1 is 0.554 bits per heavy atom. The molecular weight excluding hydrogens is 1200 g/mol. The second kappa shape index (κ2) is 38.8. The maximum atomic E-state index is 14.9. The lowest BCUT2D eigenvalue weighted by Gasteiger charge is -2.37. The zero-order valence-electron chi connectivity index (χ0n) is 52.8. The van der Waals surface area contributed by atoms with Crippen LogP contribution in [0.2, 0.25) is 0 Å². The summed E-state index contributed by atoms with van der Waals surface area (Å²) in [4.78, 5) is 204. The number of unbranched alkanes of at least 4 members (excludes halogenated alkanes) is 9. The summed E-state index contributed by atoms with van der Waals surface area (Å²) in [6.45, 7) is 2.82. The van der Waals surface area contributed by atoms with E-state index in [0.717, 1.165) is 49.5 Å². The molecule has 31 heteroatoms. The fourth-order valence-electron chi connectivity index (χ4n) is 10.9. The Morgan fingerprint density at radius 2 is 1.04 bits per heavy atom. The van der Waals surface area contributed by atoms with Crippen LogP contribution in [0, 0.1) is 5.92 Å². The van der Waals surface area contributed by atoms with Crippen molar-refractivity contribution in [2.45, 2.75) is 211 Å². The summed E-state index contributed by atoms with van der Waals surface area (Å²) in [6.07, 6.45) is 8.83. The normalized spacial score (nSPS) is 23.3. The number of aliphatic hydroxyl groups excluding tert-OH is 1. The van der Waals surface area contributed by atoms with Crippen LogP contribution in [0.1, 0.15) is 166 Å². The van der Waals surface area contributed by atoms with Crippen molar-refractivity contribution < 1.29 is 92.3 Å². The fraction of sp³-hybridized carbons (Fsp3) is 0.656. The maximum absolute atomic E-state index is 14.9. The molecule has 4 rings (SSSR count). The van der Waals surface area contributed by atoms with Crippen molar-refractivity contribution in [3.05, 3.63) is 35.4 Å². The van der Waals surface area contributed by atoms with Crippen LogP contribution in [0.4, 0.5) is 0 Å². The van der Waals surface area contributed by atoms with Gasteiger partial charge in [0.1, 0.15) is 48.3 Å². The van der Waals surface area contributed by atoms with Crippen LogP contribution in [-0.2, 0) is 73.5 Å². The molecule has 3 fully saturated rings. The number of fused-ring (bicyclic) bond motifs is 2. The molecule has 0 spiro atoms. The molecule has 0 radical (unpaired) electrons. The summed E-state index contributed by atoms with van der Waals surface area (Å²) in [7, 11) is 0. The van der Waals surface area contributed by atoms with E-state index in [0.29, 0.717) is 12.8 Å². The number of carboxylic acid groups (broad SMARTS) is 3. The van der Waals surface area contributed by atoms with E-state index in [9.17, 15) is 92.3 Å². The lowest BCUT2D eigenvalue weighted by Crippen LogP contribution is -2.63. The van der Waals surface area contributed by atoms with Crippen molar-refractivity contribution in [3.8, 4) is 0 Å². The molecule has 1 aromatic carbocycles. The van der Waals surface area contributed by atoms with Crippen molar-refractivity contribution >= 4 is 88.8 Å². The summed E-state index contributed by atoms with van der Waals surface area (Å²) in [5, 5.41) is 62.8. The topological polar surface area (TPSA) is 464 Å². The molecule has 3 heterocycles. The van der Waals surface area contributed by atoms with Crippen molar-refractivity contribution in [1.29, 1.82) is 0 Å². The fourth-order valence-corrected chi connectivity index (χ4v) is 10.9. The Bertz CT molecular complexity index is 2780. The number of aryl methyl sites for hydroxylation is 1. The second-order valence-corrected chi connectivity index (χ2v) is 23.5. The zero-order chi connectivity index (χ0) is 68.0. The highest BCUT2D eigenvalue weighted by Crippen LogP contribution is 2.23. The Balaban J connectivity index is 1.67. The van der Waals surface area contributed by atoms with Crippen LogP contribution < -0.4 is 53.2 Å². The number of nitrogens with one attached hydrogen (secondary N) is 10. The van der Waals surface area contributed by atoms with Crippen LogP contribution in [0.5, 0.6) is 0 Å². The first-order valence-corrected chi connectivity index (χ1v) is 31.7. The molecule has 0 unspecified atom stereocenters. The predicted molar refractivity (Wildman–Crippen MR) is 327 cm³/mol. The first kappa shape index (κ1) is 75.7. The molecular formula is C61H92N12O19. The summed E-state index contributed by atoms with van der Waals surface area (Å²) in [5.74, 6) is -18.0. The monoisotopic (exact) mass is 1300 g/mol. The molecule has 14 N–H and O–H groups in total. The third kappa shape index (κ3) is 25.1. The molecule has 1 aromatic rings. The second-order valence-electron chi connectivity index (χ2n) is 23.5. The van der Waals surface area contributed by atoms with Gasteiger partial charge in [0.25, 0.3) is 5.91 Å². The van der Waals surface area contributed by atoms with Gasteiger partial charge < -0.3 is 83.4 Å². The first-order valence-electron chi connectivity index (χ1n) is 31.7. The number of piperidine rings is 1. The summed E-state index contributed by atoms with van der Waals surface area (Å²) < 4.78 is 0. The van der Waals surface area contributed by atoms with E-state index in [1.165, 1.54) is 55.6 Å². The third-order valence-electron chi connectivity index (χ3n) is 16.2. The minimum atomic E-state index is -1.90. The van der Waals surface area contributed by atoms with Crippen LogP contribution in [0.15, 0.2) is 24.3 Å². The Kier molecular flexibility index (Phi) is 31.9. The van der Waals surface area contributed by atoms with E-state index in [1.54, 1.807) is 26.0 Å². The summed E-state index contributed by atoms with van der Waals surface area (Å²) in [6, 6.07) is -6.68. The Labute approximate surface area is 533 Å². The number of nitrogens with zero attached hydrogens (tertiary/aromatic N) is 2. The van der Waals surface area contributed by atoms with Gasteiger partial charge >= 0.3 is 17.9 Å². The molecule has 92 heavy (non-hydrogen) atoms. The molecule has 3 aliphatic rings. The minimum Gasteiger partial charge on any atom is -0.481 e. The first-order chi connectivity index (χ1) is 43.7. The van der Waals surface area contributed by atoms with Gasteiger partial charge in [-0.2, -0.15) is 0 Å². The number of rotatable bonds is 24. The number of carbonyl (C=O) groups excluding carboxylic acids is 12. The quantitative estimate of drug-likeness (QED) is 0.0517. The van der Waals surface area contributed by atoms with Crippen molar-refractivity contribution in [1.82, 2.24) is 63.0 Å². The van der Waals surface area contributed by atoms with Crippen LogP contribution in [0.3, 0.4) is 0 Å².